The van der Waals surface area contributed by atoms with Crippen LogP contribution in [0.5, 0.6) is 0 Å². The topological polar surface area (TPSA) is 61.4 Å². The highest BCUT2D eigenvalue weighted by molar-refractivity contribution is 5.89. The molecule has 0 saturated carbocycles. The van der Waals surface area contributed by atoms with Crippen molar-refractivity contribution in [2.75, 3.05) is 11.9 Å². The zero-order valence-electron chi connectivity index (χ0n) is 11.3. The number of amides is 2. The third kappa shape index (κ3) is 3.98. The van der Waals surface area contributed by atoms with Gasteiger partial charge in [-0.05, 0) is 18.2 Å². The second kappa shape index (κ2) is 6.95. The van der Waals surface area contributed by atoms with E-state index in [0.29, 0.717) is 0 Å². The Morgan fingerprint density at radius 1 is 1.09 bits per heavy atom. The number of nitrogens with one attached hydrogen (secondary N) is 2. The normalized spacial score (nSPS) is 11.8. The van der Waals surface area contributed by atoms with Crippen molar-refractivity contribution in [3.05, 3.63) is 65.5 Å². The molecular weight excluding hydrogens is 297 g/mol. The molecule has 0 bridgehead atoms. The number of urea groups is 1. The standard InChI is InChI=1S/C15H13F3N2O2/c16-9-5-6-12(18)13(7-9)20-15(22)19-8-14(21)10-3-1-2-4-11(10)17/h1-7,14,21H,8H2,(H2,19,20,22)/t14-/m0/s1. The van der Waals surface area contributed by atoms with Crippen LogP contribution >= 0.6 is 0 Å². The van der Waals surface area contributed by atoms with Crippen LogP contribution in [-0.2, 0) is 0 Å². The number of halogens is 3. The number of hydrogen-bond donors (Lipinski definition) is 3. The van der Waals surface area contributed by atoms with E-state index in [0.717, 1.165) is 18.2 Å². The van der Waals surface area contributed by atoms with Gasteiger partial charge in [-0.1, -0.05) is 18.2 Å². The molecule has 2 aromatic rings. The summed E-state index contributed by atoms with van der Waals surface area (Å²) >= 11 is 0. The quantitative estimate of drug-likeness (QED) is 0.813. The van der Waals surface area contributed by atoms with E-state index in [9.17, 15) is 23.1 Å². The lowest BCUT2D eigenvalue weighted by Crippen LogP contribution is -2.32. The summed E-state index contributed by atoms with van der Waals surface area (Å²) in [6.45, 7) is -0.288. The first kappa shape index (κ1) is 15.8. The molecule has 2 aromatic carbocycles. The van der Waals surface area contributed by atoms with Gasteiger partial charge < -0.3 is 15.7 Å². The van der Waals surface area contributed by atoms with Crippen LogP contribution in [0, 0.1) is 17.5 Å². The lowest BCUT2D eigenvalue weighted by Gasteiger charge is -2.13. The predicted octanol–water partition coefficient (Wildman–Crippen LogP) is 2.96. The third-order valence-electron chi connectivity index (χ3n) is 2.90. The van der Waals surface area contributed by atoms with Crippen LogP contribution in [0.1, 0.15) is 11.7 Å². The van der Waals surface area contributed by atoms with Crippen molar-refractivity contribution in [3.8, 4) is 0 Å². The second-order valence-electron chi connectivity index (χ2n) is 4.50. The first-order valence-corrected chi connectivity index (χ1v) is 6.40. The highest BCUT2D eigenvalue weighted by Crippen LogP contribution is 2.17. The molecule has 3 N–H and O–H groups in total. The minimum absolute atomic E-state index is 0.0275. The number of carbonyl (C=O) groups excluding carboxylic acids is 1. The summed E-state index contributed by atoms with van der Waals surface area (Å²) in [5.74, 6) is -2.11. The van der Waals surface area contributed by atoms with Gasteiger partial charge in [-0.3, -0.25) is 0 Å². The van der Waals surface area contributed by atoms with E-state index in [4.69, 9.17) is 0 Å². The molecule has 0 aliphatic heterocycles. The van der Waals surface area contributed by atoms with Gasteiger partial charge in [-0.25, -0.2) is 18.0 Å². The largest absolute Gasteiger partial charge is 0.386 e. The van der Waals surface area contributed by atoms with Gasteiger partial charge in [0.1, 0.15) is 17.5 Å². The van der Waals surface area contributed by atoms with Gasteiger partial charge in [0, 0.05) is 18.2 Å². The molecule has 0 unspecified atom stereocenters. The minimum Gasteiger partial charge on any atom is -0.386 e. The van der Waals surface area contributed by atoms with Crippen LogP contribution in [-0.4, -0.2) is 17.7 Å². The van der Waals surface area contributed by atoms with E-state index in [2.05, 4.69) is 10.6 Å². The molecule has 0 spiro atoms. The van der Waals surface area contributed by atoms with E-state index >= 15 is 0 Å². The van der Waals surface area contributed by atoms with Crippen LogP contribution in [0.3, 0.4) is 0 Å². The Bertz CT molecular complexity index is 680. The van der Waals surface area contributed by atoms with E-state index in [1.165, 1.54) is 18.2 Å². The zero-order valence-corrected chi connectivity index (χ0v) is 11.3. The first-order chi connectivity index (χ1) is 10.5. The molecule has 0 aliphatic carbocycles. The molecule has 4 nitrogen and oxygen atoms in total. The maximum absolute atomic E-state index is 13.4. The Morgan fingerprint density at radius 3 is 2.55 bits per heavy atom. The van der Waals surface area contributed by atoms with Gasteiger partial charge in [-0.2, -0.15) is 0 Å². The van der Waals surface area contributed by atoms with Gasteiger partial charge in [0.15, 0.2) is 0 Å². The number of anilines is 1. The highest BCUT2D eigenvalue weighted by Gasteiger charge is 2.14. The first-order valence-electron chi connectivity index (χ1n) is 6.40. The summed E-state index contributed by atoms with van der Waals surface area (Å²) in [6, 6.07) is 7.34. The highest BCUT2D eigenvalue weighted by atomic mass is 19.1. The molecule has 0 heterocycles. The molecule has 0 aliphatic rings. The van der Waals surface area contributed by atoms with Gasteiger partial charge >= 0.3 is 6.03 Å². The maximum atomic E-state index is 13.4. The zero-order chi connectivity index (χ0) is 16.1. The molecule has 0 fully saturated rings. The molecule has 0 radical (unpaired) electrons. The molecule has 116 valence electrons. The molecular formula is C15H13F3N2O2. The third-order valence-corrected chi connectivity index (χ3v) is 2.90. The van der Waals surface area contributed by atoms with Crippen LogP contribution in [0.25, 0.3) is 0 Å². The van der Waals surface area contributed by atoms with Crippen LogP contribution in [0.2, 0.25) is 0 Å². The molecule has 22 heavy (non-hydrogen) atoms. The van der Waals surface area contributed by atoms with Crippen molar-refractivity contribution < 1.29 is 23.1 Å². The number of hydrogen-bond acceptors (Lipinski definition) is 2. The number of benzene rings is 2. The van der Waals surface area contributed by atoms with E-state index in [1.54, 1.807) is 6.07 Å². The van der Waals surface area contributed by atoms with E-state index < -0.39 is 29.6 Å². The summed E-state index contributed by atoms with van der Waals surface area (Å²) < 4.78 is 39.7. The average molecular weight is 310 g/mol. The Labute approximate surface area is 124 Å². The second-order valence-corrected chi connectivity index (χ2v) is 4.50. The Morgan fingerprint density at radius 2 is 1.82 bits per heavy atom. The monoisotopic (exact) mass is 310 g/mol. The fourth-order valence-electron chi connectivity index (χ4n) is 1.80. The Balaban J connectivity index is 1.93. The lowest BCUT2D eigenvalue weighted by atomic mass is 10.1. The number of carbonyl (C=O) groups is 1. The molecule has 0 aromatic heterocycles. The van der Waals surface area contributed by atoms with E-state index in [1.807, 2.05) is 0 Å². The Hall–Kier alpha value is -2.54. The summed E-state index contributed by atoms with van der Waals surface area (Å²) in [4.78, 5) is 11.6. The van der Waals surface area contributed by atoms with Crippen molar-refractivity contribution in [1.29, 1.82) is 0 Å². The molecule has 2 rings (SSSR count). The average Bonchev–Trinajstić information content (AvgIpc) is 2.49. The number of aliphatic hydroxyl groups is 1. The molecule has 2 amide bonds. The summed E-state index contributed by atoms with van der Waals surface area (Å²) in [5, 5.41) is 14.1. The summed E-state index contributed by atoms with van der Waals surface area (Å²) in [7, 11) is 0. The van der Waals surface area contributed by atoms with Gasteiger partial charge in [-0.15, -0.1) is 0 Å². The SMILES string of the molecule is O=C(NC[C@H](O)c1ccccc1F)Nc1cc(F)ccc1F. The van der Waals surface area contributed by atoms with Crippen molar-refractivity contribution >= 4 is 11.7 Å². The van der Waals surface area contributed by atoms with Crippen LogP contribution in [0.4, 0.5) is 23.7 Å². The van der Waals surface area contributed by atoms with Crippen LogP contribution in [0.15, 0.2) is 42.5 Å². The Kier molecular flexibility index (Phi) is 5.00. The number of aliphatic hydroxyl groups excluding tert-OH is 1. The summed E-state index contributed by atoms with van der Waals surface area (Å²) in [6.07, 6.45) is -1.26. The molecule has 0 saturated heterocycles. The predicted molar refractivity (Wildman–Crippen MR) is 74.7 cm³/mol. The number of rotatable bonds is 4. The fraction of sp³-hybridized carbons (Fsp3) is 0.133. The van der Waals surface area contributed by atoms with Crippen molar-refractivity contribution in [2.45, 2.75) is 6.10 Å². The summed E-state index contributed by atoms with van der Waals surface area (Å²) in [5.41, 5.74) is -0.308. The molecule has 7 heteroatoms. The maximum Gasteiger partial charge on any atom is 0.319 e. The van der Waals surface area contributed by atoms with Crippen LogP contribution < -0.4 is 10.6 Å². The molecule has 1 atom stereocenters. The van der Waals surface area contributed by atoms with E-state index in [-0.39, 0.29) is 17.8 Å². The van der Waals surface area contributed by atoms with Crippen molar-refractivity contribution in [2.24, 2.45) is 0 Å². The van der Waals surface area contributed by atoms with Gasteiger partial charge in [0.25, 0.3) is 0 Å². The fourth-order valence-corrected chi connectivity index (χ4v) is 1.80. The van der Waals surface area contributed by atoms with Crippen molar-refractivity contribution in [1.82, 2.24) is 5.32 Å². The van der Waals surface area contributed by atoms with Gasteiger partial charge in [0.2, 0.25) is 0 Å². The minimum atomic E-state index is -1.26. The van der Waals surface area contributed by atoms with Gasteiger partial charge in [0.05, 0.1) is 11.8 Å². The smallest absolute Gasteiger partial charge is 0.319 e. The lowest BCUT2D eigenvalue weighted by molar-refractivity contribution is 0.170. The van der Waals surface area contributed by atoms with Crippen molar-refractivity contribution in [3.63, 3.8) is 0 Å².